The number of hydrogen-bond donors (Lipinski definition) is 2. The molecule has 2 N–H and O–H groups in total. The molecule has 0 aromatic heterocycles. The van der Waals surface area contributed by atoms with Crippen LogP contribution in [0.1, 0.15) is 137 Å². The monoisotopic (exact) mass is 382 g/mol. The minimum absolute atomic E-state index is 0.258. The summed E-state index contributed by atoms with van der Waals surface area (Å²) < 4.78 is 0. The molecule has 0 fully saturated rings. The molecule has 0 aliphatic carbocycles. The second-order valence-corrected chi connectivity index (χ2v) is 9.58. The van der Waals surface area contributed by atoms with Gasteiger partial charge in [0.05, 0.1) is 0 Å². The normalized spacial score (nSPS) is 12.0. The van der Waals surface area contributed by atoms with Gasteiger partial charge in [0.25, 0.3) is 0 Å². The van der Waals surface area contributed by atoms with Crippen molar-refractivity contribution in [3.8, 4) is 0 Å². The van der Waals surface area contributed by atoms with E-state index in [1.54, 1.807) is 0 Å². The van der Waals surface area contributed by atoms with Crippen LogP contribution in [0.3, 0.4) is 0 Å². The number of rotatable bonds is 21. The highest BCUT2D eigenvalue weighted by Crippen LogP contribution is 2.13. The van der Waals surface area contributed by atoms with Gasteiger partial charge < -0.3 is 10.6 Å². The van der Waals surface area contributed by atoms with Crippen LogP contribution in [0.25, 0.3) is 0 Å². The van der Waals surface area contributed by atoms with Gasteiger partial charge in [0, 0.05) is 5.54 Å². The first-order valence-electron chi connectivity index (χ1n) is 12.5. The lowest BCUT2D eigenvalue weighted by atomic mass is 10.0. The molecular formula is C25H54N2. The van der Waals surface area contributed by atoms with Crippen LogP contribution in [-0.2, 0) is 0 Å². The van der Waals surface area contributed by atoms with E-state index in [0.29, 0.717) is 0 Å². The molecule has 0 saturated carbocycles. The molecule has 0 radical (unpaired) electrons. The highest BCUT2D eigenvalue weighted by Gasteiger charge is 2.06. The van der Waals surface area contributed by atoms with Crippen molar-refractivity contribution in [3.63, 3.8) is 0 Å². The van der Waals surface area contributed by atoms with Gasteiger partial charge >= 0.3 is 0 Å². The highest BCUT2D eigenvalue weighted by atomic mass is 14.9. The zero-order valence-corrected chi connectivity index (χ0v) is 19.6. The zero-order valence-electron chi connectivity index (χ0n) is 19.6. The van der Waals surface area contributed by atoms with E-state index in [1.165, 1.54) is 116 Å². The number of hydrogen-bond acceptors (Lipinski definition) is 2. The molecule has 27 heavy (non-hydrogen) atoms. The lowest BCUT2D eigenvalue weighted by Crippen LogP contribution is -2.37. The summed E-state index contributed by atoms with van der Waals surface area (Å²) in [4.78, 5) is 0. The lowest BCUT2D eigenvalue weighted by molar-refractivity contribution is 0.418. The van der Waals surface area contributed by atoms with Gasteiger partial charge in [-0.15, -0.1) is 0 Å². The maximum absolute atomic E-state index is 3.58. The Hall–Kier alpha value is -0.0800. The molecule has 2 heteroatoms. The first kappa shape index (κ1) is 26.9. The molecule has 0 aliphatic heterocycles. The molecule has 0 bridgehead atoms. The Morgan fingerprint density at radius 2 is 0.815 bits per heavy atom. The van der Waals surface area contributed by atoms with Crippen LogP contribution in [-0.4, -0.2) is 25.2 Å². The summed E-state index contributed by atoms with van der Waals surface area (Å²) in [6.45, 7) is 12.5. The maximum atomic E-state index is 3.58. The standard InChI is InChI=1S/C25H54N2/c1-5-6-7-8-9-10-11-12-13-14-15-16-17-18-19-20-22-26-23-21-24-27-25(2,3)4/h26-27H,5-24H2,1-4H3. The fraction of sp³-hybridized carbons (Fsp3) is 1.00. The topological polar surface area (TPSA) is 24.1 Å². The van der Waals surface area contributed by atoms with Gasteiger partial charge in [-0.3, -0.25) is 0 Å². The van der Waals surface area contributed by atoms with Crippen LogP contribution in [0, 0.1) is 0 Å². The van der Waals surface area contributed by atoms with Crippen molar-refractivity contribution in [1.82, 2.24) is 10.6 Å². The predicted molar refractivity (Wildman–Crippen MR) is 125 cm³/mol. The fourth-order valence-corrected chi connectivity index (χ4v) is 3.60. The molecule has 0 heterocycles. The molecule has 0 rings (SSSR count). The van der Waals surface area contributed by atoms with E-state index >= 15 is 0 Å². The first-order valence-corrected chi connectivity index (χ1v) is 12.5. The smallest absolute Gasteiger partial charge is 0.00965 e. The summed E-state index contributed by atoms with van der Waals surface area (Å²) in [6.07, 6.45) is 24.4. The third kappa shape index (κ3) is 25.9. The Bertz CT molecular complexity index is 270. The second-order valence-electron chi connectivity index (χ2n) is 9.58. The van der Waals surface area contributed by atoms with Gasteiger partial charge in [-0.1, -0.05) is 103 Å². The Kier molecular flexibility index (Phi) is 20.6. The Balaban J connectivity index is 3.01. The molecule has 0 saturated heterocycles. The Morgan fingerprint density at radius 3 is 1.22 bits per heavy atom. The van der Waals surface area contributed by atoms with Gasteiger partial charge in [0.1, 0.15) is 0 Å². The number of unbranched alkanes of at least 4 members (excludes halogenated alkanes) is 15. The van der Waals surface area contributed by atoms with Crippen molar-refractivity contribution >= 4 is 0 Å². The van der Waals surface area contributed by atoms with E-state index in [-0.39, 0.29) is 5.54 Å². The molecule has 0 amide bonds. The van der Waals surface area contributed by atoms with E-state index in [0.717, 1.165) is 13.1 Å². The van der Waals surface area contributed by atoms with E-state index in [1.807, 2.05) is 0 Å². The second kappa shape index (κ2) is 20.6. The highest BCUT2D eigenvalue weighted by molar-refractivity contribution is 4.69. The van der Waals surface area contributed by atoms with Gasteiger partial charge in [-0.05, 0) is 53.2 Å². The lowest BCUT2D eigenvalue weighted by Gasteiger charge is -2.20. The largest absolute Gasteiger partial charge is 0.317 e. The van der Waals surface area contributed by atoms with Gasteiger partial charge in [0.2, 0.25) is 0 Å². The molecule has 164 valence electrons. The predicted octanol–water partition coefficient (Wildman–Crippen LogP) is 7.62. The van der Waals surface area contributed by atoms with Crippen molar-refractivity contribution < 1.29 is 0 Å². The van der Waals surface area contributed by atoms with E-state index in [2.05, 4.69) is 38.3 Å². The minimum Gasteiger partial charge on any atom is -0.317 e. The average Bonchev–Trinajstić information content (AvgIpc) is 2.62. The quantitative estimate of drug-likeness (QED) is 0.199. The summed E-state index contributed by atoms with van der Waals surface area (Å²) in [5, 5.41) is 7.12. The zero-order chi connectivity index (χ0) is 20.1. The van der Waals surface area contributed by atoms with Crippen molar-refractivity contribution in [2.24, 2.45) is 0 Å². The third-order valence-electron chi connectivity index (χ3n) is 5.39. The summed E-state index contributed by atoms with van der Waals surface area (Å²) in [5.74, 6) is 0. The summed E-state index contributed by atoms with van der Waals surface area (Å²) in [5.41, 5.74) is 0.258. The van der Waals surface area contributed by atoms with Crippen LogP contribution >= 0.6 is 0 Å². The molecule has 0 aromatic rings. The SMILES string of the molecule is CCCCCCCCCCCCCCCCCCNCCCNC(C)(C)C. The van der Waals surface area contributed by atoms with Crippen molar-refractivity contribution in [2.75, 3.05) is 19.6 Å². The molecule has 0 spiro atoms. The molecule has 0 unspecified atom stereocenters. The molecule has 0 aliphatic rings. The number of nitrogens with one attached hydrogen (secondary N) is 2. The van der Waals surface area contributed by atoms with Crippen molar-refractivity contribution in [2.45, 2.75) is 142 Å². The van der Waals surface area contributed by atoms with E-state index in [9.17, 15) is 0 Å². The Labute approximate surface area is 173 Å². The third-order valence-corrected chi connectivity index (χ3v) is 5.39. The van der Waals surface area contributed by atoms with Crippen LogP contribution in [0.4, 0.5) is 0 Å². The Morgan fingerprint density at radius 1 is 0.444 bits per heavy atom. The first-order chi connectivity index (χ1) is 13.1. The van der Waals surface area contributed by atoms with Crippen LogP contribution < -0.4 is 10.6 Å². The summed E-state index contributed by atoms with van der Waals surface area (Å²) in [7, 11) is 0. The van der Waals surface area contributed by atoms with E-state index in [4.69, 9.17) is 0 Å². The molecule has 0 aromatic carbocycles. The molecular weight excluding hydrogens is 328 g/mol. The minimum atomic E-state index is 0.258. The average molecular weight is 383 g/mol. The van der Waals surface area contributed by atoms with Gasteiger partial charge in [0.15, 0.2) is 0 Å². The van der Waals surface area contributed by atoms with Crippen LogP contribution in [0.2, 0.25) is 0 Å². The maximum Gasteiger partial charge on any atom is 0.00965 e. The van der Waals surface area contributed by atoms with E-state index < -0.39 is 0 Å². The van der Waals surface area contributed by atoms with Gasteiger partial charge in [-0.25, -0.2) is 0 Å². The van der Waals surface area contributed by atoms with Crippen LogP contribution in [0.15, 0.2) is 0 Å². The van der Waals surface area contributed by atoms with Gasteiger partial charge in [-0.2, -0.15) is 0 Å². The van der Waals surface area contributed by atoms with Crippen LogP contribution in [0.5, 0.6) is 0 Å². The van der Waals surface area contributed by atoms with Crippen molar-refractivity contribution in [1.29, 1.82) is 0 Å². The molecule has 2 nitrogen and oxygen atoms in total. The fourth-order valence-electron chi connectivity index (χ4n) is 3.60. The molecule has 0 atom stereocenters. The summed E-state index contributed by atoms with van der Waals surface area (Å²) in [6, 6.07) is 0. The summed E-state index contributed by atoms with van der Waals surface area (Å²) >= 11 is 0. The van der Waals surface area contributed by atoms with Crippen molar-refractivity contribution in [3.05, 3.63) is 0 Å².